The highest BCUT2D eigenvalue weighted by molar-refractivity contribution is 5.40. The van der Waals surface area contributed by atoms with E-state index in [4.69, 9.17) is 4.74 Å². The van der Waals surface area contributed by atoms with Crippen molar-refractivity contribution in [2.75, 3.05) is 37.0 Å². The van der Waals surface area contributed by atoms with Crippen LogP contribution in [0, 0.1) is 0 Å². The van der Waals surface area contributed by atoms with Crippen molar-refractivity contribution in [1.82, 2.24) is 24.7 Å². The van der Waals surface area contributed by atoms with Gasteiger partial charge in [-0.1, -0.05) is 0 Å². The number of hydrogen-bond acceptors (Lipinski definition) is 8. The number of nitrogens with zero attached hydrogens (tertiary/aromatic N) is 7. The molecule has 3 heterocycles. The van der Waals surface area contributed by atoms with Crippen LogP contribution in [-0.4, -0.2) is 51.9 Å². The molecular formula is C15H21N7O2. The molecule has 9 heteroatoms. The van der Waals surface area contributed by atoms with Gasteiger partial charge in [-0.25, -0.2) is 4.68 Å². The van der Waals surface area contributed by atoms with Gasteiger partial charge in [0.2, 0.25) is 17.8 Å². The summed E-state index contributed by atoms with van der Waals surface area (Å²) in [5.74, 6) is 1.39. The van der Waals surface area contributed by atoms with Crippen molar-refractivity contribution in [3.05, 3.63) is 22.5 Å². The summed E-state index contributed by atoms with van der Waals surface area (Å²) in [6.07, 6.45) is 3.48. The fourth-order valence-corrected chi connectivity index (χ4v) is 2.45. The lowest BCUT2D eigenvalue weighted by Crippen LogP contribution is -2.31. The SMILES string of the molecule is CN(C)c1nc(Oc2ccc(=O)n(C)n2)nc(N2CCCCC2)n1. The Morgan fingerprint density at radius 1 is 1.08 bits per heavy atom. The number of ether oxygens (including phenoxy) is 1. The topological polar surface area (TPSA) is 89.3 Å². The fourth-order valence-electron chi connectivity index (χ4n) is 2.45. The first-order valence-corrected chi connectivity index (χ1v) is 7.93. The second-order valence-corrected chi connectivity index (χ2v) is 5.90. The predicted molar refractivity (Wildman–Crippen MR) is 89.8 cm³/mol. The lowest BCUT2D eigenvalue weighted by atomic mass is 10.1. The van der Waals surface area contributed by atoms with Crippen LogP contribution in [0.5, 0.6) is 11.9 Å². The molecule has 0 spiro atoms. The van der Waals surface area contributed by atoms with Crippen molar-refractivity contribution in [1.29, 1.82) is 0 Å². The molecule has 3 rings (SSSR count). The molecule has 128 valence electrons. The van der Waals surface area contributed by atoms with Crippen LogP contribution in [0.4, 0.5) is 11.9 Å². The van der Waals surface area contributed by atoms with Crippen molar-refractivity contribution in [3.8, 4) is 11.9 Å². The first-order chi connectivity index (χ1) is 11.5. The van der Waals surface area contributed by atoms with E-state index in [-0.39, 0.29) is 17.4 Å². The fraction of sp³-hybridized carbons (Fsp3) is 0.533. The standard InChI is InChI=1S/C15H21N7O2/c1-20(2)13-16-14(22-9-5-4-6-10-22)18-15(17-13)24-11-7-8-12(23)21(3)19-11/h7-8H,4-6,9-10H2,1-3H3. The minimum atomic E-state index is -0.207. The van der Waals surface area contributed by atoms with E-state index < -0.39 is 0 Å². The summed E-state index contributed by atoms with van der Waals surface area (Å²) in [4.78, 5) is 28.6. The molecule has 0 aromatic carbocycles. The van der Waals surface area contributed by atoms with Crippen LogP contribution < -0.4 is 20.1 Å². The van der Waals surface area contributed by atoms with E-state index in [9.17, 15) is 4.79 Å². The Labute approximate surface area is 139 Å². The zero-order valence-corrected chi connectivity index (χ0v) is 14.1. The number of piperidine rings is 1. The summed E-state index contributed by atoms with van der Waals surface area (Å²) in [6.45, 7) is 1.85. The van der Waals surface area contributed by atoms with Crippen molar-refractivity contribution in [2.24, 2.45) is 7.05 Å². The Morgan fingerprint density at radius 3 is 2.50 bits per heavy atom. The van der Waals surface area contributed by atoms with E-state index >= 15 is 0 Å². The van der Waals surface area contributed by atoms with Crippen LogP contribution >= 0.6 is 0 Å². The smallest absolute Gasteiger partial charge is 0.330 e. The largest absolute Gasteiger partial charge is 0.403 e. The molecule has 0 atom stereocenters. The molecule has 9 nitrogen and oxygen atoms in total. The van der Waals surface area contributed by atoms with Gasteiger partial charge in [-0.15, -0.1) is 5.10 Å². The normalized spacial score (nSPS) is 14.5. The predicted octanol–water partition coefficient (Wildman–Crippen LogP) is 0.814. The second-order valence-electron chi connectivity index (χ2n) is 5.90. The van der Waals surface area contributed by atoms with Gasteiger partial charge in [0, 0.05) is 46.4 Å². The number of hydrogen-bond donors (Lipinski definition) is 0. The Hall–Kier alpha value is -2.71. The molecule has 0 unspecified atom stereocenters. The highest BCUT2D eigenvalue weighted by Gasteiger charge is 2.18. The molecular weight excluding hydrogens is 310 g/mol. The van der Waals surface area contributed by atoms with Gasteiger partial charge >= 0.3 is 6.01 Å². The summed E-state index contributed by atoms with van der Waals surface area (Å²) in [5.41, 5.74) is -0.207. The third kappa shape index (κ3) is 3.61. The van der Waals surface area contributed by atoms with Crippen molar-refractivity contribution in [2.45, 2.75) is 19.3 Å². The van der Waals surface area contributed by atoms with Crippen LogP contribution in [0.3, 0.4) is 0 Å². The van der Waals surface area contributed by atoms with Gasteiger partial charge in [-0.2, -0.15) is 15.0 Å². The molecule has 0 aliphatic carbocycles. The molecule has 1 saturated heterocycles. The number of aromatic nitrogens is 5. The molecule has 0 amide bonds. The van der Waals surface area contributed by atoms with Gasteiger partial charge in [0.1, 0.15) is 0 Å². The average Bonchev–Trinajstić information content (AvgIpc) is 2.59. The zero-order chi connectivity index (χ0) is 17.1. The molecule has 1 aliphatic rings. The maximum absolute atomic E-state index is 11.4. The van der Waals surface area contributed by atoms with Crippen LogP contribution in [-0.2, 0) is 7.05 Å². The molecule has 1 fully saturated rings. The quantitative estimate of drug-likeness (QED) is 0.813. The molecule has 2 aromatic heterocycles. The third-order valence-electron chi connectivity index (χ3n) is 3.76. The first kappa shape index (κ1) is 16.2. The summed E-state index contributed by atoms with van der Waals surface area (Å²) >= 11 is 0. The minimum Gasteiger partial charge on any atom is -0.403 e. The van der Waals surface area contributed by atoms with Gasteiger partial charge in [0.25, 0.3) is 5.56 Å². The van der Waals surface area contributed by atoms with Crippen molar-refractivity contribution < 1.29 is 4.74 Å². The molecule has 24 heavy (non-hydrogen) atoms. The van der Waals surface area contributed by atoms with Gasteiger partial charge in [0.05, 0.1) is 0 Å². The third-order valence-corrected chi connectivity index (χ3v) is 3.76. The van der Waals surface area contributed by atoms with Crippen LogP contribution in [0.2, 0.25) is 0 Å². The summed E-state index contributed by atoms with van der Waals surface area (Å²) < 4.78 is 6.85. The molecule has 0 bridgehead atoms. The maximum atomic E-state index is 11.4. The van der Waals surface area contributed by atoms with Gasteiger partial charge < -0.3 is 14.5 Å². The van der Waals surface area contributed by atoms with E-state index in [0.717, 1.165) is 25.9 Å². The van der Waals surface area contributed by atoms with Crippen LogP contribution in [0.25, 0.3) is 0 Å². The van der Waals surface area contributed by atoms with E-state index in [1.165, 1.54) is 23.2 Å². The Morgan fingerprint density at radius 2 is 1.83 bits per heavy atom. The maximum Gasteiger partial charge on any atom is 0.330 e. The zero-order valence-electron chi connectivity index (χ0n) is 14.1. The summed E-state index contributed by atoms with van der Waals surface area (Å²) in [5, 5.41) is 4.04. The van der Waals surface area contributed by atoms with Gasteiger partial charge in [0.15, 0.2) is 0 Å². The molecule has 0 N–H and O–H groups in total. The number of anilines is 2. The second kappa shape index (κ2) is 6.81. The van der Waals surface area contributed by atoms with Crippen molar-refractivity contribution in [3.63, 3.8) is 0 Å². The highest BCUT2D eigenvalue weighted by atomic mass is 16.5. The van der Waals surface area contributed by atoms with Crippen molar-refractivity contribution >= 4 is 11.9 Å². The molecule has 0 saturated carbocycles. The summed E-state index contributed by atoms with van der Waals surface area (Å²) in [6, 6.07) is 3.06. The Balaban J connectivity index is 1.92. The lowest BCUT2D eigenvalue weighted by Gasteiger charge is -2.27. The van der Waals surface area contributed by atoms with Gasteiger partial charge in [-0.05, 0) is 19.3 Å². The molecule has 0 radical (unpaired) electrons. The monoisotopic (exact) mass is 331 g/mol. The number of rotatable bonds is 4. The Bertz CT molecular complexity index is 769. The van der Waals surface area contributed by atoms with E-state index in [0.29, 0.717) is 11.9 Å². The minimum absolute atomic E-state index is 0.167. The van der Waals surface area contributed by atoms with E-state index in [1.54, 1.807) is 11.9 Å². The van der Waals surface area contributed by atoms with E-state index in [2.05, 4.69) is 25.0 Å². The Kier molecular flexibility index (Phi) is 4.59. The first-order valence-electron chi connectivity index (χ1n) is 7.93. The lowest BCUT2D eigenvalue weighted by molar-refractivity contribution is 0.405. The van der Waals surface area contributed by atoms with Crippen LogP contribution in [0.1, 0.15) is 19.3 Å². The summed E-state index contributed by atoms with van der Waals surface area (Å²) in [7, 11) is 5.29. The number of aryl methyl sites for hydroxylation is 1. The van der Waals surface area contributed by atoms with Gasteiger partial charge in [-0.3, -0.25) is 4.79 Å². The average molecular weight is 331 g/mol. The highest BCUT2D eigenvalue weighted by Crippen LogP contribution is 2.22. The van der Waals surface area contributed by atoms with Crippen LogP contribution in [0.15, 0.2) is 16.9 Å². The van der Waals surface area contributed by atoms with E-state index in [1.807, 2.05) is 14.1 Å². The molecule has 1 aliphatic heterocycles. The molecule has 2 aromatic rings.